The van der Waals surface area contributed by atoms with E-state index in [0.717, 1.165) is 25.7 Å². The van der Waals surface area contributed by atoms with Gasteiger partial charge in [0.05, 0.1) is 0 Å². The van der Waals surface area contributed by atoms with Crippen molar-refractivity contribution in [1.29, 1.82) is 0 Å². The first-order valence-corrected chi connectivity index (χ1v) is 9.39. The molecule has 4 aliphatic rings. The van der Waals surface area contributed by atoms with Crippen molar-refractivity contribution < 1.29 is 14.7 Å². The fourth-order valence-electron chi connectivity index (χ4n) is 6.59. The molecule has 0 bridgehead atoms. The third-order valence-electron chi connectivity index (χ3n) is 8.25. The van der Waals surface area contributed by atoms with Crippen LogP contribution in [0.15, 0.2) is 23.8 Å². The average molecular weight is 328 g/mol. The van der Waals surface area contributed by atoms with Crippen LogP contribution in [0.2, 0.25) is 0 Å². The smallest absolute Gasteiger partial charge is 0.161 e. The van der Waals surface area contributed by atoms with Crippen LogP contribution in [0, 0.1) is 28.6 Å². The lowest BCUT2D eigenvalue weighted by Gasteiger charge is -2.56. The fourth-order valence-corrected chi connectivity index (χ4v) is 6.59. The van der Waals surface area contributed by atoms with Crippen molar-refractivity contribution in [2.45, 2.75) is 64.9 Å². The molecule has 0 heterocycles. The van der Waals surface area contributed by atoms with Gasteiger partial charge in [0, 0.05) is 11.8 Å². The number of ketones is 2. The van der Waals surface area contributed by atoms with Gasteiger partial charge in [0.15, 0.2) is 11.6 Å². The van der Waals surface area contributed by atoms with Gasteiger partial charge in [-0.3, -0.25) is 9.59 Å². The number of hydrogen-bond acceptors (Lipinski definition) is 3. The van der Waals surface area contributed by atoms with Gasteiger partial charge < -0.3 is 5.11 Å². The molecule has 0 amide bonds. The Morgan fingerprint density at radius 1 is 1.17 bits per heavy atom. The van der Waals surface area contributed by atoms with E-state index in [1.165, 1.54) is 5.57 Å². The summed E-state index contributed by atoms with van der Waals surface area (Å²) in [6.45, 7) is 6.00. The molecule has 130 valence electrons. The average Bonchev–Trinajstić information content (AvgIpc) is 2.81. The second-order valence-electron chi connectivity index (χ2n) is 9.04. The molecular formula is C21H28O3. The van der Waals surface area contributed by atoms with E-state index in [9.17, 15) is 14.7 Å². The van der Waals surface area contributed by atoms with Crippen LogP contribution in [0.5, 0.6) is 0 Å². The van der Waals surface area contributed by atoms with E-state index >= 15 is 0 Å². The molecule has 4 aliphatic carbocycles. The van der Waals surface area contributed by atoms with Crippen molar-refractivity contribution in [3.63, 3.8) is 0 Å². The van der Waals surface area contributed by atoms with Gasteiger partial charge in [0.2, 0.25) is 0 Å². The van der Waals surface area contributed by atoms with Crippen LogP contribution < -0.4 is 0 Å². The van der Waals surface area contributed by atoms with Crippen molar-refractivity contribution in [3.05, 3.63) is 23.8 Å². The van der Waals surface area contributed by atoms with E-state index in [1.807, 2.05) is 6.08 Å². The minimum Gasteiger partial charge on any atom is -0.382 e. The van der Waals surface area contributed by atoms with E-state index in [-0.39, 0.29) is 22.4 Å². The molecular weight excluding hydrogens is 300 g/mol. The van der Waals surface area contributed by atoms with E-state index in [0.29, 0.717) is 30.6 Å². The molecule has 0 aromatic carbocycles. The molecule has 0 saturated heterocycles. The second-order valence-corrected chi connectivity index (χ2v) is 9.04. The van der Waals surface area contributed by atoms with Crippen molar-refractivity contribution in [2.24, 2.45) is 28.6 Å². The number of hydrogen-bond donors (Lipinski definition) is 1. The number of Topliss-reactive ketones (excluding diaryl/α,β-unsaturated/α-hetero) is 1. The lowest BCUT2D eigenvalue weighted by molar-refractivity contribution is -0.156. The summed E-state index contributed by atoms with van der Waals surface area (Å²) in [6, 6.07) is 0. The lowest BCUT2D eigenvalue weighted by Crippen LogP contribution is -2.56. The number of carbonyl (C=O) groups is 2. The van der Waals surface area contributed by atoms with Gasteiger partial charge in [0.1, 0.15) is 5.60 Å². The van der Waals surface area contributed by atoms with Gasteiger partial charge in [-0.2, -0.15) is 0 Å². The van der Waals surface area contributed by atoms with E-state index in [2.05, 4.69) is 26.0 Å². The number of carbonyl (C=O) groups excluding carboxylic acids is 2. The maximum absolute atomic E-state index is 12.2. The molecule has 3 heteroatoms. The molecule has 6 atom stereocenters. The molecule has 0 spiro atoms. The van der Waals surface area contributed by atoms with Crippen LogP contribution in [0.25, 0.3) is 0 Å². The maximum atomic E-state index is 12.2. The first-order valence-electron chi connectivity index (χ1n) is 9.39. The molecule has 0 aliphatic heterocycles. The number of aliphatic hydroxyl groups is 1. The summed E-state index contributed by atoms with van der Waals surface area (Å²) in [6.07, 6.45) is 11.3. The fraction of sp³-hybridized carbons (Fsp3) is 0.714. The molecule has 24 heavy (non-hydrogen) atoms. The van der Waals surface area contributed by atoms with Crippen LogP contribution >= 0.6 is 0 Å². The molecule has 2 fully saturated rings. The normalized spacial score (nSPS) is 49.9. The summed E-state index contributed by atoms with van der Waals surface area (Å²) in [5.41, 5.74) is -0.197. The Kier molecular flexibility index (Phi) is 3.32. The summed E-state index contributed by atoms with van der Waals surface area (Å²) in [5, 5.41) is 11.1. The van der Waals surface area contributed by atoms with Crippen LogP contribution in [0.4, 0.5) is 0 Å². The van der Waals surface area contributed by atoms with Gasteiger partial charge in [0.25, 0.3) is 0 Å². The van der Waals surface area contributed by atoms with Crippen molar-refractivity contribution in [2.75, 3.05) is 0 Å². The molecule has 0 aromatic heterocycles. The summed E-state index contributed by atoms with van der Waals surface area (Å²) in [7, 11) is 0. The molecule has 3 nitrogen and oxygen atoms in total. The Labute approximate surface area is 144 Å². The van der Waals surface area contributed by atoms with E-state index in [4.69, 9.17) is 0 Å². The van der Waals surface area contributed by atoms with Crippen molar-refractivity contribution in [3.8, 4) is 0 Å². The topological polar surface area (TPSA) is 54.4 Å². The first-order chi connectivity index (χ1) is 11.2. The summed E-state index contributed by atoms with van der Waals surface area (Å²) < 4.78 is 0. The highest BCUT2D eigenvalue weighted by atomic mass is 16.3. The van der Waals surface area contributed by atoms with Gasteiger partial charge in [-0.05, 0) is 73.8 Å². The van der Waals surface area contributed by atoms with Gasteiger partial charge in [-0.15, -0.1) is 0 Å². The number of rotatable bonds is 1. The molecule has 4 rings (SSSR count). The Hall–Kier alpha value is -1.22. The maximum Gasteiger partial charge on any atom is 0.161 e. The van der Waals surface area contributed by atoms with E-state index < -0.39 is 5.60 Å². The molecule has 0 radical (unpaired) electrons. The first kappa shape index (κ1) is 16.3. The van der Waals surface area contributed by atoms with Crippen molar-refractivity contribution >= 4 is 11.6 Å². The third kappa shape index (κ3) is 1.82. The van der Waals surface area contributed by atoms with Crippen LogP contribution in [-0.2, 0) is 9.59 Å². The van der Waals surface area contributed by atoms with Gasteiger partial charge >= 0.3 is 0 Å². The van der Waals surface area contributed by atoms with Gasteiger partial charge in [-0.1, -0.05) is 26.0 Å². The lowest BCUT2D eigenvalue weighted by atomic mass is 9.48. The minimum absolute atomic E-state index is 0.0687. The van der Waals surface area contributed by atoms with Crippen molar-refractivity contribution in [1.82, 2.24) is 0 Å². The number of fused-ring (bicyclic) bond motifs is 5. The zero-order valence-corrected chi connectivity index (χ0v) is 15.0. The SMILES string of the molecule is CC(=O)[C@@]1(O)CC[C@@H]2[C@@H]3C=CC4=CC(=O)CC[C@]4(C)[C@@H]3CC[C@@]21C. The highest BCUT2D eigenvalue weighted by Gasteiger charge is 2.64. The number of allylic oxidation sites excluding steroid dienone is 4. The quantitative estimate of drug-likeness (QED) is 0.800. The third-order valence-corrected chi connectivity index (χ3v) is 8.25. The monoisotopic (exact) mass is 328 g/mol. The Bertz CT molecular complexity index is 675. The van der Waals surface area contributed by atoms with Crippen LogP contribution in [0.1, 0.15) is 59.3 Å². The largest absolute Gasteiger partial charge is 0.382 e. The second kappa shape index (κ2) is 4.91. The minimum atomic E-state index is -1.16. The summed E-state index contributed by atoms with van der Waals surface area (Å²) in [4.78, 5) is 24.0. The molecule has 0 unspecified atom stereocenters. The Morgan fingerprint density at radius 2 is 1.88 bits per heavy atom. The van der Waals surface area contributed by atoms with Gasteiger partial charge in [-0.25, -0.2) is 0 Å². The summed E-state index contributed by atoms with van der Waals surface area (Å²) >= 11 is 0. The molecule has 1 N–H and O–H groups in total. The predicted octanol–water partition coefficient (Wildman–Crippen LogP) is 3.61. The molecule has 2 saturated carbocycles. The molecule has 0 aromatic rings. The summed E-state index contributed by atoms with van der Waals surface area (Å²) in [5.74, 6) is 1.47. The Morgan fingerprint density at radius 3 is 2.58 bits per heavy atom. The zero-order valence-electron chi connectivity index (χ0n) is 15.0. The van der Waals surface area contributed by atoms with E-state index in [1.54, 1.807) is 6.92 Å². The standard InChI is InChI=1S/C21H28O3/c1-13(22)21(24)11-8-18-16-5-4-14-12-15(23)6-9-19(14,2)17(16)7-10-20(18,21)3/h4-5,12,16-18,24H,6-11H2,1-3H3/t16-,17-,18-,19+,20+,21+/m1/s1. The highest BCUT2D eigenvalue weighted by molar-refractivity contribution is 5.92. The highest BCUT2D eigenvalue weighted by Crippen LogP contribution is 2.66. The zero-order chi connectivity index (χ0) is 17.3. The predicted molar refractivity (Wildman–Crippen MR) is 92.2 cm³/mol. The van der Waals surface area contributed by atoms with Crippen LogP contribution in [-0.4, -0.2) is 22.3 Å². The van der Waals surface area contributed by atoms with Crippen LogP contribution in [0.3, 0.4) is 0 Å². The Balaban J connectivity index is 1.75.